The zero-order valence-corrected chi connectivity index (χ0v) is 12.1. The van der Waals surface area contributed by atoms with Crippen LogP contribution in [-0.2, 0) is 6.54 Å². The van der Waals surface area contributed by atoms with Gasteiger partial charge in [0.1, 0.15) is 5.69 Å². The summed E-state index contributed by atoms with van der Waals surface area (Å²) < 4.78 is 0. The highest BCUT2D eigenvalue weighted by Gasteiger charge is 2.17. The third-order valence-electron chi connectivity index (χ3n) is 3.80. The van der Waals surface area contributed by atoms with Crippen molar-refractivity contribution in [3.8, 4) is 0 Å². The van der Waals surface area contributed by atoms with Crippen LogP contribution in [0.15, 0.2) is 18.2 Å². The van der Waals surface area contributed by atoms with E-state index in [2.05, 4.69) is 9.80 Å². The largest absolute Gasteiger partial charge is 0.395 e. The van der Waals surface area contributed by atoms with Gasteiger partial charge in [-0.3, -0.25) is 19.9 Å². The summed E-state index contributed by atoms with van der Waals surface area (Å²) in [5.74, 6) is 0. The van der Waals surface area contributed by atoms with E-state index in [4.69, 9.17) is 10.8 Å². The van der Waals surface area contributed by atoms with E-state index in [1.165, 1.54) is 0 Å². The Morgan fingerprint density at radius 3 is 2.67 bits per heavy atom. The van der Waals surface area contributed by atoms with E-state index in [1.807, 2.05) is 6.07 Å². The Morgan fingerprint density at radius 1 is 1.24 bits per heavy atom. The number of aliphatic hydroxyl groups is 1. The van der Waals surface area contributed by atoms with Crippen molar-refractivity contribution in [3.05, 3.63) is 33.9 Å². The Hall–Kier alpha value is -1.70. The number of hydrogen-bond donors (Lipinski definition) is 2. The van der Waals surface area contributed by atoms with Crippen LogP contribution in [0, 0.1) is 10.1 Å². The van der Waals surface area contributed by atoms with Crippen LogP contribution in [0.3, 0.4) is 0 Å². The molecule has 0 amide bonds. The molecule has 0 unspecified atom stereocenters. The smallest absolute Gasteiger partial charge is 0.292 e. The van der Waals surface area contributed by atoms with Gasteiger partial charge >= 0.3 is 0 Å². The van der Waals surface area contributed by atoms with Crippen LogP contribution in [0.2, 0.25) is 0 Å². The number of β-amino-alcohol motifs (C(OH)–C–C–N with tert-alkyl or cyclic N) is 1. The number of benzene rings is 1. The van der Waals surface area contributed by atoms with E-state index >= 15 is 0 Å². The summed E-state index contributed by atoms with van der Waals surface area (Å²) in [6, 6.07) is 5.01. The van der Waals surface area contributed by atoms with E-state index in [9.17, 15) is 10.1 Å². The number of nitro groups is 1. The van der Waals surface area contributed by atoms with Crippen molar-refractivity contribution in [1.82, 2.24) is 9.80 Å². The van der Waals surface area contributed by atoms with Crippen molar-refractivity contribution >= 4 is 11.4 Å². The fourth-order valence-electron chi connectivity index (χ4n) is 2.65. The number of nitrogens with zero attached hydrogens (tertiary/aromatic N) is 3. The maximum atomic E-state index is 10.9. The van der Waals surface area contributed by atoms with Crippen LogP contribution in [0.4, 0.5) is 11.4 Å². The molecule has 21 heavy (non-hydrogen) atoms. The predicted octanol–water partition coefficient (Wildman–Crippen LogP) is 0.677. The first-order chi connectivity index (χ1) is 10.1. The van der Waals surface area contributed by atoms with Gasteiger partial charge in [0.05, 0.1) is 11.5 Å². The van der Waals surface area contributed by atoms with Gasteiger partial charge in [-0.2, -0.15) is 0 Å². The van der Waals surface area contributed by atoms with Gasteiger partial charge in [0.15, 0.2) is 0 Å². The fourth-order valence-corrected chi connectivity index (χ4v) is 2.65. The van der Waals surface area contributed by atoms with Crippen molar-refractivity contribution in [2.45, 2.75) is 13.0 Å². The summed E-state index contributed by atoms with van der Waals surface area (Å²) in [6.07, 6.45) is 1.04. The average Bonchev–Trinajstić information content (AvgIpc) is 2.67. The second kappa shape index (κ2) is 7.35. The molecule has 1 saturated heterocycles. The van der Waals surface area contributed by atoms with Crippen molar-refractivity contribution < 1.29 is 10.0 Å². The summed E-state index contributed by atoms with van der Waals surface area (Å²) in [5, 5.41) is 19.9. The summed E-state index contributed by atoms with van der Waals surface area (Å²) in [7, 11) is 0. The molecule has 1 heterocycles. The molecule has 2 rings (SSSR count). The number of anilines is 1. The first-order valence-electron chi connectivity index (χ1n) is 7.18. The van der Waals surface area contributed by atoms with Gasteiger partial charge in [-0.05, 0) is 31.1 Å². The number of nitro benzene ring substituents is 1. The zero-order valence-electron chi connectivity index (χ0n) is 12.1. The molecule has 1 aromatic rings. The molecule has 0 aromatic heterocycles. The third kappa shape index (κ3) is 4.38. The lowest BCUT2D eigenvalue weighted by Crippen LogP contribution is -2.32. The number of nitrogens with two attached hydrogens (primary N) is 1. The molecule has 0 aliphatic carbocycles. The summed E-state index contributed by atoms with van der Waals surface area (Å²) >= 11 is 0. The van der Waals surface area contributed by atoms with Gasteiger partial charge in [-0.1, -0.05) is 6.07 Å². The number of nitrogen functional groups attached to an aromatic ring is 1. The first-order valence-corrected chi connectivity index (χ1v) is 7.18. The molecule has 1 aliphatic rings. The van der Waals surface area contributed by atoms with Crippen LogP contribution in [0.5, 0.6) is 0 Å². The molecule has 1 aliphatic heterocycles. The Bertz CT molecular complexity index is 495. The minimum absolute atomic E-state index is 0.0239. The molecule has 0 saturated carbocycles. The highest BCUT2D eigenvalue weighted by Crippen LogP contribution is 2.23. The van der Waals surface area contributed by atoms with Crippen LogP contribution in [0.25, 0.3) is 0 Å². The quantitative estimate of drug-likeness (QED) is 0.471. The molecule has 7 heteroatoms. The normalized spacial score (nSPS) is 17.6. The van der Waals surface area contributed by atoms with E-state index in [1.54, 1.807) is 12.1 Å². The topological polar surface area (TPSA) is 95.9 Å². The standard InChI is InChI=1S/C14H22N4O3/c15-13-3-2-12(10-14(13)18(20)21)11-17-5-1-4-16(6-7-17)8-9-19/h2-3,10,19H,1,4-9,11,15H2. The second-order valence-corrected chi connectivity index (χ2v) is 5.35. The molecule has 0 spiro atoms. The highest BCUT2D eigenvalue weighted by molar-refractivity contribution is 5.59. The number of aliphatic hydroxyl groups excluding tert-OH is 1. The van der Waals surface area contributed by atoms with E-state index in [0.29, 0.717) is 13.1 Å². The SMILES string of the molecule is Nc1ccc(CN2CCCN(CCO)CC2)cc1[N+](=O)[O-]. The van der Waals surface area contributed by atoms with Crippen LogP contribution >= 0.6 is 0 Å². The highest BCUT2D eigenvalue weighted by atomic mass is 16.6. The minimum Gasteiger partial charge on any atom is -0.395 e. The lowest BCUT2D eigenvalue weighted by Gasteiger charge is -2.21. The average molecular weight is 294 g/mol. The van der Waals surface area contributed by atoms with E-state index in [-0.39, 0.29) is 18.0 Å². The summed E-state index contributed by atoms with van der Waals surface area (Å²) in [4.78, 5) is 15.0. The summed E-state index contributed by atoms with van der Waals surface area (Å²) in [6.45, 7) is 5.34. The van der Waals surface area contributed by atoms with Crippen molar-refractivity contribution in [2.75, 3.05) is 45.1 Å². The van der Waals surface area contributed by atoms with Crippen LogP contribution in [-0.4, -0.2) is 59.2 Å². The Balaban J connectivity index is 1.98. The molecule has 1 aromatic carbocycles. The molecule has 1 fully saturated rings. The van der Waals surface area contributed by atoms with Gasteiger partial charge in [-0.15, -0.1) is 0 Å². The van der Waals surface area contributed by atoms with Crippen molar-refractivity contribution in [3.63, 3.8) is 0 Å². The number of rotatable bonds is 5. The Labute approximate surface area is 124 Å². The van der Waals surface area contributed by atoms with Crippen LogP contribution in [0.1, 0.15) is 12.0 Å². The molecule has 0 atom stereocenters. The molecular formula is C14H22N4O3. The molecular weight excluding hydrogens is 272 g/mol. The van der Waals surface area contributed by atoms with Gasteiger partial charge in [0.25, 0.3) is 5.69 Å². The molecule has 7 nitrogen and oxygen atoms in total. The monoisotopic (exact) mass is 294 g/mol. The molecule has 3 N–H and O–H groups in total. The van der Waals surface area contributed by atoms with Crippen LogP contribution < -0.4 is 5.73 Å². The van der Waals surface area contributed by atoms with Gasteiger partial charge < -0.3 is 10.8 Å². The number of hydrogen-bond acceptors (Lipinski definition) is 6. The van der Waals surface area contributed by atoms with Gasteiger partial charge in [0, 0.05) is 32.2 Å². The van der Waals surface area contributed by atoms with E-state index in [0.717, 1.165) is 38.2 Å². The first kappa shape index (κ1) is 15.7. The van der Waals surface area contributed by atoms with Crippen molar-refractivity contribution in [2.24, 2.45) is 0 Å². The maximum Gasteiger partial charge on any atom is 0.292 e. The maximum absolute atomic E-state index is 10.9. The molecule has 116 valence electrons. The van der Waals surface area contributed by atoms with E-state index < -0.39 is 4.92 Å². The lowest BCUT2D eigenvalue weighted by molar-refractivity contribution is -0.384. The Morgan fingerprint density at radius 2 is 1.95 bits per heavy atom. The third-order valence-corrected chi connectivity index (χ3v) is 3.80. The fraction of sp³-hybridized carbons (Fsp3) is 0.571. The van der Waals surface area contributed by atoms with Gasteiger partial charge in [0.2, 0.25) is 0 Å². The van der Waals surface area contributed by atoms with Gasteiger partial charge in [-0.25, -0.2) is 0 Å². The molecule has 0 bridgehead atoms. The second-order valence-electron chi connectivity index (χ2n) is 5.35. The summed E-state index contributed by atoms with van der Waals surface area (Å²) in [5.41, 5.74) is 6.70. The lowest BCUT2D eigenvalue weighted by atomic mass is 10.1. The molecule has 0 radical (unpaired) electrons. The Kier molecular flexibility index (Phi) is 5.49. The minimum atomic E-state index is -0.440. The predicted molar refractivity (Wildman–Crippen MR) is 80.9 cm³/mol. The zero-order chi connectivity index (χ0) is 15.2. The van der Waals surface area contributed by atoms with Crippen molar-refractivity contribution in [1.29, 1.82) is 0 Å².